The molecule has 0 aliphatic rings. The molecular formula is C18H26N2O2. The van der Waals surface area contributed by atoms with Crippen molar-refractivity contribution in [3.8, 4) is 11.5 Å². The molecule has 4 heteroatoms. The second-order valence-electron chi connectivity index (χ2n) is 5.18. The lowest BCUT2D eigenvalue weighted by atomic mass is 10.3. The number of nitrogens with zero attached hydrogens (tertiary/aromatic N) is 2. The maximum absolute atomic E-state index is 5.03. The monoisotopic (exact) mass is 302 g/mol. The van der Waals surface area contributed by atoms with Crippen LogP contribution in [0.4, 0.5) is 11.4 Å². The largest absolute Gasteiger partial charge is 0.497 e. The third-order valence-electron chi connectivity index (χ3n) is 3.18. The van der Waals surface area contributed by atoms with E-state index in [4.69, 9.17) is 9.47 Å². The Morgan fingerprint density at radius 3 is 1.00 bits per heavy atom. The molecule has 2 aromatic carbocycles. The first-order valence-corrected chi connectivity index (χ1v) is 7.10. The highest BCUT2D eigenvalue weighted by Gasteiger charge is 1.94. The Bertz CT molecular complexity index is 483. The Hall–Kier alpha value is -2.36. The average Bonchev–Trinajstić information content (AvgIpc) is 2.55. The van der Waals surface area contributed by atoms with Gasteiger partial charge in [-0.25, -0.2) is 0 Å². The molecule has 0 saturated carbocycles. The average molecular weight is 302 g/mol. The van der Waals surface area contributed by atoms with Gasteiger partial charge >= 0.3 is 0 Å². The van der Waals surface area contributed by atoms with Crippen LogP contribution in [-0.4, -0.2) is 42.4 Å². The van der Waals surface area contributed by atoms with Crippen LogP contribution in [-0.2, 0) is 0 Å². The van der Waals surface area contributed by atoms with Gasteiger partial charge in [-0.1, -0.05) is 0 Å². The van der Waals surface area contributed by atoms with Crippen molar-refractivity contribution in [2.75, 3.05) is 52.2 Å². The van der Waals surface area contributed by atoms with Crippen LogP contribution in [0.1, 0.15) is 0 Å². The minimum atomic E-state index is 0.899. The third-order valence-corrected chi connectivity index (χ3v) is 3.18. The summed E-state index contributed by atoms with van der Waals surface area (Å²) in [5.41, 5.74) is 2.37. The molecule has 0 N–H and O–H groups in total. The van der Waals surface area contributed by atoms with E-state index >= 15 is 0 Å². The van der Waals surface area contributed by atoms with Crippen molar-refractivity contribution in [2.45, 2.75) is 0 Å². The minimum Gasteiger partial charge on any atom is -0.497 e. The quantitative estimate of drug-likeness (QED) is 0.862. The van der Waals surface area contributed by atoms with Crippen LogP contribution < -0.4 is 19.3 Å². The molecule has 120 valence electrons. The summed E-state index contributed by atoms with van der Waals surface area (Å²) in [6, 6.07) is 15.9. The van der Waals surface area contributed by atoms with Crippen molar-refractivity contribution in [1.82, 2.24) is 0 Å². The fourth-order valence-corrected chi connectivity index (χ4v) is 1.76. The summed E-state index contributed by atoms with van der Waals surface area (Å²) < 4.78 is 10.1. The van der Waals surface area contributed by atoms with Crippen LogP contribution in [0.5, 0.6) is 11.5 Å². The van der Waals surface area contributed by atoms with Crippen LogP contribution in [0.25, 0.3) is 0 Å². The molecular weight excluding hydrogens is 276 g/mol. The molecule has 0 spiro atoms. The smallest absolute Gasteiger partial charge is 0.119 e. The van der Waals surface area contributed by atoms with Crippen LogP contribution in [0.2, 0.25) is 0 Å². The summed E-state index contributed by atoms with van der Waals surface area (Å²) in [4.78, 5) is 4.11. The summed E-state index contributed by atoms with van der Waals surface area (Å²) in [6.07, 6.45) is 0. The summed E-state index contributed by atoms with van der Waals surface area (Å²) >= 11 is 0. The van der Waals surface area contributed by atoms with E-state index in [2.05, 4.69) is 9.80 Å². The van der Waals surface area contributed by atoms with E-state index in [0.29, 0.717) is 0 Å². The van der Waals surface area contributed by atoms with Gasteiger partial charge in [0.2, 0.25) is 0 Å². The molecule has 0 radical (unpaired) electrons. The lowest BCUT2D eigenvalue weighted by Crippen LogP contribution is -2.07. The first-order chi connectivity index (χ1) is 10.5. The zero-order valence-electron chi connectivity index (χ0n) is 14.3. The van der Waals surface area contributed by atoms with E-state index in [1.165, 1.54) is 11.4 Å². The summed E-state index contributed by atoms with van der Waals surface area (Å²) in [5.74, 6) is 1.80. The van der Waals surface area contributed by atoms with Gasteiger partial charge in [0.1, 0.15) is 11.5 Å². The SMILES string of the molecule is COc1ccc(N(C)C)cc1.COc1ccc(N(C)C)cc1. The summed E-state index contributed by atoms with van der Waals surface area (Å²) in [6.45, 7) is 0. The first-order valence-electron chi connectivity index (χ1n) is 7.10. The summed E-state index contributed by atoms with van der Waals surface area (Å²) in [5, 5.41) is 0. The molecule has 0 saturated heterocycles. The Kier molecular flexibility index (Phi) is 7.09. The highest BCUT2D eigenvalue weighted by Crippen LogP contribution is 2.17. The maximum atomic E-state index is 5.03. The number of anilines is 2. The van der Waals surface area contributed by atoms with Gasteiger partial charge in [-0.2, -0.15) is 0 Å². The topological polar surface area (TPSA) is 24.9 Å². The number of hydrogen-bond acceptors (Lipinski definition) is 4. The zero-order valence-corrected chi connectivity index (χ0v) is 14.3. The second kappa shape index (κ2) is 8.82. The molecule has 0 heterocycles. The highest BCUT2D eigenvalue weighted by atomic mass is 16.5. The summed E-state index contributed by atoms with van der Waals surface area (Å²) in [7, 11) is 11.4. The van der Waals surface area contributed by atoms with E-state index < -0.39 is 0 Å². The lowest BCUT2D eigenvalue weighted by Gasteiger charge is -2.11. The normalized spacial score (nSPS) is 9.36. The molecule has 0 atom stereocenters. The van der Waals surface area contributed by atoms with Gasteiger partial charge in [0.15, 0.2) is 0 Å². The van der Waals surface area contributed by atoms with Gasteiger partial charge in [-0.05, 0) is 48.5 Å². The van der Waals surface area contributed by atoms with Crippen molar-refractivity contribution < 1.29 is 9.47 Å². The fraction of sp³-hybridized carbons (Fsp3) is 0.333. The molecule has 4 nitrogen and oxygen atoms in total. The standard InChI is InChI=1S/2C9H13NO/c2*1-10(2)8-4-6-9(11-3)7-5-8/h2*4-7H,1-3H3. The minimum absolute atomic E-state index is 0.899. The van der Waals surface area contributed by atoms with Crippen molar-refractivity contribution in [2.24, 2.45) is 0 Å². The first kappa shape index (κ1) is 17.7. The van der Waals surface area contributed by atoms with E-state index in [-0.39, 0.29) is 0 Å². The lowest BCUT2D eigenvalue weighted by molar-refractivity contribution is 0.414. The van der Waals surface area contributed by atoms with Gasteiger partial charge < -0.3 is 19.3 Å². The zero-order chi connectivity index (χ0) is 16.5. The Balaban J connectivity index is 0.000000220. The van der Waals surface area contributed by atoms with Crippen LogP contribution in [0, 0.1) is 0 Å². The predicted molar refractivity (Wildman–Crippen MR) is 94.6 cm³/mol. The fourth-order valence-electron chi connectivity index (χ4n) is 1.76. The molecule has 2 aromatic rings. The molecule has 0 aromatic heterocycles. The number of hydrogen-bond donors (Lipinski definition) is 0. The van der Waals surface area contributed by atoms with E-state index in [1.807, 2.05) is 76.7 Å². The highest BCUT2D eigenvalue weighted by molar-refractivity contribution is 5.48. The van der Waals surface area contributed by atoms with Crippen LogP contribution >= 0.6 is 0 Å². The number of methoxy groups -OCH3 is 2. The Morgan fingerprint density at radius 2 is 0.818 bits per heavy atom. The van der Waals surface area contributed by atoms with Gasteiger partial charge in [-0.3, -0.25) is 0 Å². The van der Waals surface area contributed by atoms with Crippen LogP contribution in [0.15, 0.2) is 48.5 Å². The van der Waals surface area contributed by atoms with Crippen molar-refractivity contribution in [3.05, 3.63) is 48.5 Å². The molecule has 0 bridgehead atoms. The van der Waals surface area contributed by atoms with Crippen molar-refractivity contribution in [3.63, 3.8) is 0 Å². The third kappa shape index (κ3) is 5.56. The van der Waals surface area contributed by atoms with Gasteiger partial charge in [-0.15, -0.1) is 0 Å². The second-order valence-corrected chi connectivity index (χ2v) is 5.18. The maximum Gasteiger partial charge on any atom is 0.119 e. The van der Waals surface area contributed by atoms with E-state index in [1.54, 1.807) is 14.2 Å². The van der Waals surface area contributed by atoms with Crippen molar-refractivity contribution in [1.29, 1.82) is 0 Å². The predicted octanol–water partition coefficient (Wildman–Crippen LogP) is 3.52. The molecule has 0 aliphatic carbocycles. The molecule has 0 unspecified atom stereocenters. The Morgan fingerprint density at radius 1 is 0.545 bits per heavy atom. The molecule has 2 rings (SSSR count). The molecule has 0 aliphatic heterocycles. The van der Waals surface area contributed by atoms with Gasteiger partial charge in [0, 0.05) is 39.6 Å². The number of benzene rings is 2. The van der Waals surface area contributed by atoms with E-state index in [9.17, 15) is 0 Å². The number of rotatable bonds is 4. The molecule has 0 amide bonds. The van der Waals surface area contributed by atoms with Crippen LogP contribution in [0.3, 0.4) is 0 Å². The molecule has 22 heavy (non-hydrogen) atoms. The van der Waals surface area contributed by atoms with Gasteiger partial charge in [0.25, 0.3) is 0 Å². The van der Waals surface area contributed by atoms with E-state index in [0.717, 1.165) is 11.5 Å². The number of ether oxygens (including phenoxy) is 2. The van der Waals surface area contributed by atoms with Crippen molar-refractivity contribution >= 4 is 11.4 Å². The van der Waals surface area contributed by atoms with Gasteiger partial charge in [0.05, 0.1) is 14.2 Å². The molecule has 0 fully saturated rings. The Labute approximate surface area is 133 Å².